The minimum Gasteiger partial charge on any atom is -0.481 e. The molecular formula is C15H25NO2S3. The van der Waals surface area contributed by atoms with Crippen LogP contribution in [-0.4, -0.2) is 25.1 Å². The zero-order chi connectivity index (χ0) is 16.9. The first-order valence-electron chi connectivity index (χ1n) is 6.82. The lowest BCUT2D eigenvalue weighted by molar-refractivity contribution is -0.137. The quantitative estimate of drug-likeness (QED) is 0.685. The zero-order valence-electron chi connectivity index (χ0n) is 13.6. The molecule has 0 amide bonds. The topological polar surface area (TPSA) is 61.1 Å². The summed E-state index contributed by atoms with van der Waals surface area (Å²) in [5, 5.41) is 18.0. The number of thioether (sulfide) groups is 2. The van der Waals surface area contributed by atoms with Crippen molar-refractivity contribution in [2.45, 2.75) is 59.1 Å². The molecule has 0 spiro atoms. The van der Waals surface area contributed by atoms with Crippen molar-refractivity contribution in [2.24, 2.45) is 10.8 Å². The Balaban J connectivity index is 4.55. The van der Waals surface area contributed by atoms with Gasteiger partial charge in [-0.2, -0.15) is 5.26 Å². The van der Waals surface area contributed by atoms with E-state index in [9.17, 15) is 10.1 Å². The molecule has 0 aliphatic rings. The first-order valence-corrected chi connectivity index (χ1v) is 9.03. The van der Waals surface area contributed by atoms with E-state index < -0.39 is 10.7 Å². The largest absolute Gasteiger partial charge is 0.481 e. The Labute approximate surface area is 142 Å². The van der Waals surface area contributed by atoms with E-state index >= 15 is 0 Å². The summed E-state index contributed by atoms with van der Waals surface area (Å²) < 4.78 is -0.0595. The maximum Gasteiger partial charge on any atom is 0.303 e. The fourth-order valence-corrected chi connectivity index (χ4v) is 4.37. The number of hydrogen-bond acceptors (Lipinski definition) is 5. The zero-order valence-corrected chi connectivity index (χ0v) is 16.1. The Morgan fingerprint density at radius 2 is 1.76 bits per heavy atom. The molecule has 3 nitrogen and oxygen atoms in total. The first kappa shape index (κ1) is 20.8. The van der Waals surface area contributed by atoms with Crippen LogP contribution in [0, 0.1) is 22.2 Å². The van der Waals surface area contributed by atoms with Crippen molar-refractivity contribution in [3.8, 4) is 6.07 Å². The fourth-order valence-electron chi connectivity index (χ4n) is 1.14. The lowest BCUT2D eigenvalue weighted by Crippen LogP contribution is -2.32. The summed E-state index contributed by atoms with van der Waals surface area (Å²) in [6.07, 6.45) is 0.282. The van der Waals surface area contributed by atoms with E-state index in [4.69, 9.17) is 17.3 Å². The number of thiocarbonyl (C=S) groups is 1. The van der Waals surface area contributed by atoms with Crippen molar-refractivity contribution in [1.82, 2.24) is 0 Å². The number of rotatable bonds is 6. The van der Waals surface area contributed by atoms with Crippen molar-refractivity contribution >= 4 is 45.2 Å². The molecule has 1 unspecified atom stereocenters. The second-order valence-electron chi connectivity index (χ2n) is 7.01. The van der Waals surface area contributed by atoms with Crippen LogP contribution >= 0.6 is 35.7 Å². The molecule has 1 atom stereocenters. The maximum atomic E-state index is 10.7. The Kier molecular flexibility index (Phi) is 7.75. The monoisotopic (exact) mass is 347 g/mol. The van der Waals surface area contributed by atoms with Crippen molar-refractivity contribution < 1.29 is 9.90 Å². The number of hydrogen-bond donors (Lipinski definition) is 1. The highest BCUT2D eigenvalue weighted by Gasteiger charge is 2.34. The molecule has 0 radical (unpaired) electrons. The van der Waals surface area contributed by atoms with Crippen LogP contribution in [0.1, 0.15) is 54.4 Å². The number of nitrogens with zero attached hydrogens (tertiary/aromatic N) is 1. The number of carboxylic acids is 1. The summed E-state index contributed by atoms with van der Waals surface area (Å²) in [7, 11) is 0. The predicted molar refractivity (Wildman–Crippen MR) is 96.8 cm³/mol. The molecule has 0 aliphatic heterocycles. The standard InChI is InChI=1S/C15H25NO2S3/c1-13(2,3)14(4,5)10-20-12(19)21-15(6,9-16)8-7-11(17)18/h7-8,10H2,1-6H3,(H,17,18). The van der Waals surface area contributed by atoms with E-state index in [2.05, 4.69) is 40.7 Å². The van der Waals surface area contributed by atoms with Crippen molar-refractivity contribution in [3.05, 3.63) is 0 Å². The van der Waals surface area contributed by atoms with Crippen molar-refractivity contribution in [2.75, 3.05) is 5.75 Å². The third-order valence-electron chi connectivity index (χ3n) is 3.94. The second-order valence-corrected chi connectivity index (χ2v) is 10.7. The summed E-state index contributed by atoms with van der Waals surface area (Å²) in [6.45, 7) is 12.8. The van der Waals surface area contributed by atoms with Crippen LogP contribution in [0.4, 0.5) is 0 Å². The summed E-state index contributed by atoms with van der Waals surface area (Å²) >= 11 is 8.26. The Hall–Kier alpha value is -0.250. The molecule has 21 heavy (non-hydrogen) atoms. The molecule has 0 bridgehead atoms. The molecule has 0 saturated heterocycles. The van der Waals surface area contributed by atoms with Crippen LogP contribution in [0.5, 0.6) is 0 Å². The van der Waals surface area contributed by atoms with Crippen LogP contribution < -0.4 is 0 Å². The molecule has 0 fully saturated rings. The summed E-state index contributed by atoms with van der Waals surface area (Å²) in [6, 6.07) is 2.19. The molecule has 0 rings (SSSR count). The van der Waals surface area contributed by atoms with E-state index in [0.717, 1.165) is 5.75 Å². The highest BCUT2D eigenvalue weighted by Crippen LogP contribution is 2.43. The summed E-state index contributed by atoms with van der Waals surface area (Å²) in [5.74, 6) is -0.00696. The lowest BCUT2D eigenvalue weighted by atomic mass is 9.71. The van der Waals surface area contributed by atoms with E-state index in [1.165, 1.54) is 11.8 Å². The Bertz CT molecular complexity index is 435. The Morgan fingerprint density at radius 1 is 1.24 bits per heavy atom. The van der Waals surface area contributed by atoms with E-state index in [0.29, 0.717) is 9.95 Å². The smallest absolute Gasteiger partial charge is 0.303 e. The van der Waals surface area contributed by atoms with Crippen LogP contribution in [0.2, 0.25) is 0 Å². The van der Waals surface area contributed by atoms with Gasteiger partial charge in [0.2, 0.25) is 0 Å². The lowest BCUT2D eigenvalue weighted by Gasteiger charge is -2.38. The van der Waals surface area contributed by atoms with Gasteiger partial charge in [0.1, 0.15) is 8.28 Å². The average Bonchev–Trinajstić information content (AvgIpc) is 2.33. The van der Waals surface area contributed by atoms with Crippen LogP contribution in [0.3, 0.4) is 0 Å². The van der Waals surface area contributed by atoms with Crippen molar-refractivity contribution in [1.29, 1.82) is 5.26 Å². The minimum atomic E-state index is -0.885. The van der Waals surface area contributed by atoms with Gasteiger partial charge in [-0.05, 0) is 24.2 Å². The van der Waals surface area contributed by atoms with E-state index in [1.54, 1.807) is 18.7 Å². The van der Waals surface area contributed by atoms with Gasteiger partial charge in [0, 0.05) is 12.2 Å². The number of aliphatic carboxylic acids is 1. The van der Waals surface area contributed by atoms with Gasteiger partial charge in [0.15, 0.2) is 0 Å². The maximum absolute atomic E-state index is 10.7. The Morgan fingerprint density at radius 3 is 2.14 bits per heavy atom. The molecule has 120 valence electrons. The predicted octanol–water partition coefficient (Wildman–Crippen LogP) is 4.96. The average molecular weight is 348 g/mol. The first-order chi connectivity index (χ1) is 9.33. The number of carboxylic acid groups (broad SMARTS) is 1. The van der Waals surface area contributed by atoms with Crippen LogP contribution in [0.15, 0.2) is 0 Å². The normalized spacial score (nSPS) is 15.1. The second kappa shape index (κ2) is 7.85. The van der Waals surface area contributed by atoms with Crippen molar-refractivity contribution in [3.63, 3.8) is 0 Å². The third-order valence-corrected chi connectivity index (χ3v) is 7.16. The van der Waals surface area contributed by atoms with Gasteiger partial charge in [-0.3, -0.25) is 4.79 Å². The van der Waals surface area contributed by atoms with Gasteiger partial charge in [-0.25, -0.2) is 0 Å². The SMILES string of the molecule is CC(C#N)(CCC(=O)O)SC(=S)SCC(C)(C)C(C)(C)C. The highest BCUT2D eigenvalue weighted by molar-refractivity contribution is 8.47. The van der Waals surface area contributed by atoms with Gasteiger partial charge in [-0.15, -0.1) is 11.8 Å². The number of carbonyl (C=O) groups is 1. The fraction of sp³-hybridized carbons (Fsp3) is 0.800. The molecule has 0 aromatic carbocycles. The molecule has 0 heterocycles. The summed E-state index contributed by atoms with van der Waals surface area (Å²) in [5.41, 5.74) is 0.286. The van der Waals surface area contributed by atoms with Crippen LogP contribution in [-0.2, 0) is 4.79 Å². The van der Waals surface area contributed by atoms with Gasteiger partial charge < -0.3 is 5.11 Å². The van der Waals surface area contributed by atoms with Crippen LogP contribution in [0.25, 0.3) is 0 Å². The molecule has 0 saturated carbocycles. The number of nitriles is 1. The molecule has 0 aromatic rings. The molecule has 0 aromatic heterocycles. The molecule has 1 N–H and O–H groups in total. The molecule has 0 aliphatic carbocycles. The van der Waals surface area contributed by atoms with E-state index in [-0.39, 0.29) is 17.3 Å². The van der Waals surface area contributed by atoms with Gasteiger partial charge >= 0.3 is 5.97 Å². The summed E-state index contributed by atoms with van der Waals surface area (Å²) in [4.78, 5) is 10.7. The highest BCUT2D eigenvalue weighted by atomic mass is 32.2. The molecule has 6 heteroatoms. The minimum absolute atomic E-state index is 0.0160. The third kappa shape index (κ3) is 7.53. The molecular weight excluding hydrogens is 322 g/mol. The van der Waals surface area contributed by atoms with Gasteiger partial charge in [-0.1, -0.05) is 58.6 Å². The van der Waals surface area contributed by atoms with E-state index in [1.807, 2.05) is 0 Å². The van der Waals surface area contributed by atoms with Gasteiger partial charge in [0.25, 0.3) is 0 Å². The van der Waals surface area contributed by atoms with Gasteiger partial charge in [0.05, 0.1) is 6.07 Å².